The number of anilines is 1. The lowest BCUT2D eigenvalue weighted by molar-refractivity contribution is -0.136. The van der Waals surface area contributed by atoms with Gasteiger partial charge >= 0.3 is 5.97 Å². The number of thiazole rings is 1. The largest absolute Gasteiger partial charge is 0.481 e. The third kappa shape index (κ3) is 4.18. The van der Waals surface area contributed by atoms with Crippen molar-refractivity contribution in [2.75, 3.05) is 11.9 Å². The predicted molar refractivity (Wildman–Crippen MR) is 90.4 cm³/mol. The van der Waals surface area contributed by atoms with Crippen molar-refractivity contribution in [2.45, 2.75) is 31.8 Å². The molecule has 126 valence electrons. The highest BCUT2D eigenvalue weighted by Crippen LogP contribution is 2.30. The van der Waals surface area contributed by atoms with Gasteiger partial charge in [-0.25, -0.2) is 4.98 Å². The minimum absolute atomic E-state index is 0.0186. The van der Waals surface area contributed by atoms with Crippen molar-refractivity contribution >= 4 is 28.9 Å². The van der Waals surface area contributed by atoms with Crippen LogP contribution in [0.5, 0.6) is 0 Å². The van der Waals surface area contributed by atoms with Crippen LogP contribution in [-0.4, -0.2) is 28.6 Å². The highest BCUT2D eigenvalue weighted by Gasteiger charge is 2.22. The minimum atomic E-state index is -0.821. The van der Waals surface area contributed by atoms with Crippen molar-refractivity contribution in [2.24, 2.45) is 0 Å². The Bertz CT molecular complexity index is 720. The van der Waals surface area contributed by atoms with E-state index in [0.717, 1.165) is 30.0 Å². The second kappa shape index (κ2) is 7.55. The smallest absolute Gasteiger partial charge is 0.303 e. The first kappa shape index (κ1) is 16.6. The number of aliphatic carboxylic acids is 1. The Morgan fingerprint density at radius 3 is 2.79 bits per heavy atom. The van der Waals surface area contributed by atoms with Gasteiger partial charge in [-0.2, -0.15) is 0 Å². The Kier molecular flexibility index (Phi) is 5.22. The summed E-state index contributed by atoms with van der Waals surface area (Å²) in [6.07, 6.45) is 2.56. The van der Waals surface area contributed by atoms with Gasteiger partial charge in [-0.15, -0.1) is 11.3 Å². The first-order valence-corrected chi connectivity index (χ1v) is 8.69. The quantitative estimate of drug-likeness (QED) is 0.838. The number of hydrogen-bond acceptors (Lipinski definition) is 5. The van der Waals surface area contributed by atoms with Crippen molar-refractivity contribution in [3.63, 3.8) is 0 Å². The molecule has 0 aliphatic carbocycles. The molecule has 0 saturated carbocycles. The molecule has 1 amide bonds. The molecule has 0 bridgehead atoms. The summed E-state index contributed by atoms with van der Waals surface area (Å²) in [6.45, 7) is 0.750. The van der Waals surface area contributed by atoms with Crippen LogP contribution in [0.2, 0.25) is 0 Å². The van der Waals surface area contributed by atoms with Gasteiger partial charge in [0.25, 0.3) is 5.91 Å². The summed E-state index contributed by atoms with van der Waals surface area (Å²) in [6, 6.07) is 7.17. The van der Waals surface area contributed by atoms with E-state index in [0.29, 0.717) is 17.8 Å². The van der Waals surface area contributed by atoms with Crippen LogP contribution in [0, 0.1) is 0 Å². The lowest BCUT2D eigenvalue weighted by Crippen LogP contribution is -2.12. The van der Waals surface area contributed by atoms with E-state index in [-0.39, 0.29) is 18.4 Å². The fourth-order valence-electron chi connectivity index (χ4n) is 2.51. The van der Waals surface area contributed by atoms with E-state index in [9.17, 15) is 9.59 Å². The number of nitrogens with one attached hydrogen (secondary N) is 1. The summed E-state index contributed by atoms with van der Waals surface area (Å²) < 4.78 is 5.58. The van der Waals surface area contributed by atoms with Gasteiger partial charge in [0.2, 0.25) is 0 Å². The number of rotatable bonds is 6. The number of aromatic nitrogens is 1. The van der Waals surface area contributed by atoms with Gasteiger partial charge in [0.1, 0.15) is 16.8 Å². The van der Waals surface area contributed by atoms with E-state index < -0.39 is 5.97 Å². The lowest BCUT2D eigenvalue weighted by Gasteiger charge is -2.05. The summed E-state index contributed by atoms with van der Waals surface area (Å²) in [4.78, 5) is 27.2. The van der Waals surface area contributed by atoms with Gasteiger partial charge < -0.3 is 15.2 Å². The molecule has 24 heavy (non-hydrogen) atoms. The maximum absolute atomic E-state index is 12.3. The number of carbonyl (C=O) groups excluding carboxylic acids is 1. The van der Waals surface area contributed by atoms with E-state index in [4.69, 9.17) is 9.84 Å². The number of nitrogens with zero attached hydrogens (tertiary/aromatic N) is 1. The fraction of sp³-hybridized carbons (Fsp3) is 0.353. The third-order valence-corrected chi connectivity index (χ3v) is 4.74. The second-order valence-electron chi connectivity index (χ2n) is 5.62. The van der Waals surface area contributed by atoms with Crippen molar-refractivity contribution in [1.82, 2.24) is 4.98 Å². The van der Waals surface area contributed by atoms with Gasteiger partial charge in [0.05, 0.1) is 0 Å². The molecule has 6 nitrogen and oxygen atoms in total. The van der Waals surface area contributed by atoms with Crippen molar-refractivity contribution in [1.29, 1.82) is 0 Å². The highest BCUT2D eigenvalue weighted by atomic mass is 32.1. The lowest BCUT2D eigenvalue weighted by atomic mass is 10.1. The van der Waals surface area contributed by atoms with Gasteiger partial charge in [0, 0.05) is 24.1 Å². The van der Waals surface area contributed by atoms with Crippen LogP contribution in [0.1, 0.15) is 46.4 Å². The molecule has 1 aromatic carbocycles. The standard InChI is InChI=1S/C17H18N2O4S/c20-15(21)8-5-11-3-6-12(7-4-11)18-16(22)13-10-24-17(19-13)14-2-1-9-23-14/h3-4,6-7,10,14H,1-2,5,8-9H2,(H,18,22)(H,20,21). The number of ether oxygens (including phenoxy) is 1. The van der Waals surface area contributed by atoms with Crippen LogP contribution in [0.15, 0.2) is 29.6 Å². The summed E-state index contributed by atoms with van der Waals surface area (Å²) in [7, 11) is 0. The molecular formula is C17H18N2O4S. The predicted octanol–water partition coefficient (Wildman–Crippen LogP) is 3.26. The average molecular weight is 346 g/mol. The van der Waals surface area contributed by atoms with Gasteiger partial charge in [0.15, 0.2) is 0 Å². The first-order valence-electron chi connectivity index (χ1n) is 7.81. The first-order chi connectivity index (χ1) is 11.6. The number of carboxylic acids is 1. The molecule has 2 heterocycles. The van der Waals surface area contributed by atoms with Crippen LogP contribution < -0.4 is 5.32 Å². The minimum Gasteiger partial charge on any atom is -0.481 e. The van der Waals surface area contributed by atoms with E-state index in [1.807, 2.05) is 12.1 Å². The molecule has 3 rings (SSSR count). The Labute approximate surface area is 143 Å². The number of benzene rings is 1. The molecule has 0 spiro atoms. The number of aryl methyl sites for hydroxylation is 1. The summed E-state index contributed by atoms with van der Waals surface area (Å²) in [5.41, 5.74) is 1.97. The molecule has 2 aromatic rings. The van der Waals surface area contributed by atoms with Crippen molar-refractivity contribution in [3.05, 3.63) is 45.9 Å². The van der Waals surface area contributed by atoms with E-state index in [1.54, 1.807) is 17.5 Å². The van der Waals surface area contributed by atoms with Gasteiger partial charge in [-0.1, -0.05) is 12.1 Å². The molecule has 2 N–H and O–H groups in total. The van der Waals surface area contributed by atoms with Crippen LogP contribution in [0.25, 0.3) is 0 Å². The topological polar surface area (TPSA) is 88.5 Å². The third-order valence-electron chi connectivity index (χ3n) is 3.80. The number of carbonyl (C=O) groups is 2. The normalized spacial score (nSPS) is 16.9. The molecule has 1 atom stereocenters. The Balaban J connectivity index is 1.59. The maximum atomic E-state index is 12.3. The van der Waals surface area contributed by atoms with Crippen molar-refractivity contribution in [3.8, 4) is 0 Å². The Hall–Kier alpha value is -2.25. The summed E-state index contributed by atoms with van der Waals surface area (Å²) in [5, 5.41) is 14.1. The molecule has 1 aromatic heterocycles. The van der Waals surface area contributed by atoms with Gasteiger partial charge in [-0.3, -0.25) is 9.59 Å². The van der Waals surface area contributed by atoms with E-state index in [2.05, 4.69) is 10.3 Å². The zero-order valence-corrected chi connectivity index (χ0v) is 13.8. The number of hydrogen-bond donors (Lipinski definition) is 2. The summed E-state index contributed by atoms with van der Waals surface area (Å²) in [5.74, 6) is -1.08. The SMILES string of the molecule is O=C(O)CCc1ccc(NC(=O)c2csc(C3CCCO3)n2)cc1. The molecule has 1 saturated heterocycles. The van der Waals surface area contributed by atoms with Crippen LogP contribution in [0.3, 0.4) is 0 Å². The Morgan fingerprint density at radius 2 is 2.12 bits per heavy atom. The summed E-state index contributed by atoms with van der Waals surface area (Å²) >= 11 is 1.44. The van der Waals surface area contributed by atoms with Crippen molar-refractivity contribution < 1.29 is 19.4 Å². The van der Waals surface area contributed by atoms with E-state index in [1.165, 1.54) is 11.3 Å². The monoisotopic (exact) mass is 346 g/mol. The molecule has 7 heteroatoms. The molecule has 1 aliphatic rings. The highest BCUT2D eigenvalue weighted by molar-refractivity contribution is 7.09. The average Bonchev–Trinajstić information content (AvgIpc) is 3.25. The second-order valence-corrected chi connectivity index (χ2v) is 6.51. The molecular weight excluding hydrogens is 328 g/mol. The van der Waals surface area contributed by atoms with Crippen LogP contribution in [-0.2, 0) is 16.0 Å². The molecule has 1 unspecified atom stereocenters. The van der Waals surface area contributed by atoms with Crippen LogP contribution in [0.4, 0.5) is 5.69 Å². The fourth-order valence-corrected chi connectivity index (χ4v) is 3.39. The van der Waals surface area contributed by atoms with Crippen LogP contribution >= 0.6 is 11.3 Å². The van der Waals surface area contributed by atoms with Gasteiger partial charge in [-0.05, 0) is 37.0 Å². The maximum Gasteiger partial charge on any atom is 0.303 e. The van der Waals surface area contributed by atoms with E-state index >= 15 is 0 Å². The number of amides is 1. The number of carboxylic acid groups (broad SMARTS) is 1. The zero-order valence-electron chi connectivity index (χ0n) is 13.0. The molecule has 1 aliphatic heterocycles. The molecule has 1 fully saturated rings. The Morgan fingerprint density at radius 1 is 1.33 bits per heavy atom. The molecule has 0 radical (unpaired) electrons. The zero-order chi connectivity index (χ0) is 16.9.